The van der Waals surface area contributed by atoms with Crippen LogP contribution in [0, 0.1) is 0 Å². The summed E-state index contributed by atoms with van der Waals surface area (Å²) in [5, 5.41) is 0.542. The Morgan fingerprint density at radius 3 is 2.73 bits per heavy atom. The summed E-state index contributed by atoms with van der Waals surface area (Å²) in [6.45, 7) is 1.64. The number of benzene rings is 2. The minimum absolute atomic E-state index is 0.109. The minimum Gasteiger partial charge on any atom is -0.492 e. The van der Waals surface area contributed by atoms with Gasteiger partial charge in [0.25, 0.3) is 0 Å². The number of ketones is 1. The first-order valence-electron chi connectivity index (χ1n) is 10.1. The summed E-state index contributed by atoms with van der Waals surface area (Å²) in [5.74, 6) is 1.52. The molecule has 0 radical (unpaired) electrons. The fourth-order valence-electron chi connectivity index (χ4n) is 4.04. The topological polar surface area (TPSA) is 55.8 Å². The maximum atomic E-state index is 12.6. The molecule has 158 valence electrons. The third kappa shape index (κ3) is 4.65. The van der Waals surface area contributed by atoms with Crippen LogP contribution in [0.2, 0.25) is 5.02 Å². The zero-order valence-corrected chi connectivity index (χ0v) is 18.9. The SMILES string of the molecule is O=C1CC2(CCN(C(=O)CCCOc3ccc(Br)cc3Cl)CC2)Oc2ccccc21. The van der Waals surface area contributed by atoms with E-state index < -0.39 is 5.60 Å². The highest BCUT2D eigenvalue weighted by Gasteiger charge is 2.43. The van der Waals surface area contributed by atoms with Crippen molar-refractivity contribution in [1.29, 1.82) is 0 Å². The van der Waals surface area contributed by atoms with Crippen molar-refractivity contribution in [3.05, 3.63) is 57.5 Å². The number of halogens is 2. The highest BCUT2D eigenvalue weighted by Crippen LogP contribution is 2.39. The van der Waals surface area contributed by atoms with Crippen molar-refractivity contribution in [3.63, 3.8) is 0 Å². The van der Waals surface area contributed by atoms with Crippen molar-refractivity contribution in [3.8, 4) is 11.5 Å². The molecule has 0 unspecified atom stereocenters. The summed E-state index contributed by atoms with van der Waals surface area (Å²) in [5.41, 5.74) is 0.177. The number of rotatable bonds is 5. The number of nitrogens with zero attached hydrogens (tertiary/aromatic N) is 1. The van der Waals surface area contributed by atoms with Crippen LogP contribution < -0.4 is 9.47 Å². The number of ether oxygens (including phenoxy) is 2. The molecule has 0 aromatic heterocycles. The molecule has 0 saturated carbocycles. The van der Waals surface area contributed by atoms with E-state index in [1.165, 1.54) is 0 Å². The highest BCUT2D eigenvalue weighted by molar-refractivity contribution is 9.10. The molecule has 0 N–H and O–H groups in total. The number of fused-ring (bicyclic) bond motifs is 1. The maximum absolute atomic E-state index is 12.6. The Kier molecular flexibility index (Phi) is 6.34. The van der Waals surface area contributed by atoms with E-state index in [9.17, 15) is 9.59 Å². The lowest BCUT2D eigenvalue weighted by molar-refractivity contribution is -0.135. The summed E-state index contributed by atoms with van der Waals surface area (Å²) in [6.07, 6.45) is 2.76. The molecule has 1 amide bonds. The van der Waals surface area contributed by atoms with Gasteiger partial charge in [-0.05, 0) is 36.8 Å². The van der Waals surface area contributed by atoms with Gasteiger partial charge in [-0.1, -0.05) is 39.7 Å². The molecule has 2 aromatic carbocycles. The predicted octanol–water partition coefficient (Wildman–Crippen LogP) is 5.29. The summed E-state index contributed by atoms with van der Waals surface area (Å²) in [4.78, 5) is 27.0. The first-order valence-corrected chi connectivity index (χ1v) is 11.3. The lowest BCUT2D eigenvalue weighted by Gasteiger charge is -2.44. The fourth-order valence-corrected chi connectivity index (χ4v) is 4.77. The van der Waals surface area contributed by atoms with Gasteiger partial charge >= 0.3 is 0 Å². The number of likely N-dealkylation sites (tertiary alicyclic amines) is 1. The van der Waals surface area contributed by atoms with Crippen LogP contribution in [0.25, 0.3) is 0 Å². The molecule has 0 aliphatic carbocycles. The molecule has 2 aliphatic heterocycles. The Bertz CT molecular complexity index is 956. The fraction of sp³-hybridized carbons (Fsp3) is 0.391. The van der Waals surface area contributed by atoms with Crippen molar-refractivity contribution in [2.24, 2.45) is 0 Å². The Morgan fingerprint density at radius 2 is 1.97 bits per heavy atom. The maximum Gasteiger partial charge on any atom is 0.222 e. The minimum atomic E-state index is -0.482. The number of para-hydroxylation sites is 1. The number of carbonyl (C=O) groups excluding carboxylic acids is 2. The van der Waals surface area contributed by atoms with Crippen LogP contribution in [-0.4, -0.2) is 41.9 Å². The van der Waals surface area contributed by atoms with Crippen LogP contribution in [0.4, 0.5) is 0 Å². The quantitative estimate of drug-likeness (QED) is 0.532. The van der Waals surface area contributed by atoms with Gasteiger partial charge in [0.1, 0.15) is 17.1 Å². The van der Waals surface area contributed by atoms with E-state index in [2.05, 4.69) is 15.9 Å². The second-order valence-electron chi connectivity index (χ2n) is 7.79. The molecule has 2 aliphatic rings. The van der Waals surface area contributed by atoms with E-state index in [0.717, 1.165) is 4.47 Å². The summed E-state index contributed by atoms with van der Waals surface area (Å²) in [6, 6.07) is 12.9. The summed E-state index contributed by atoms with van der Waals surface area (Å²) in [7, 11) is 0. The lowest BCUT2D eigenvalue weighted by atomic mass is 9.82. The zero-order chi connectivity index (χ0) is 21.1. The molecule has 0 bridgehead atoms. The first kappa shape index (κ1) is 21.2. The number of piperidine rings is 1. The van der Waals surface area contributed by atoms with E-state index in [1.807, 2.05) is 41.3 Å². The number of Topliss-reactive ketones (excluding diaryl/α,β-unsaturated/α-hetero) is 1. The molecule has 4 rings (SSSR count). The molecule has 1 saturated heterocycles. The molecule has 1 spiro atoms. The molecular weight excluding hydrogens is 470 g/mol. The molecule has 30 heavy (non-hydrogen) atoms. The van der Waals surface area contributed by atoms with Crippen LogP contribution >= 0.6 is 27.5 Å². The third-order valence-electron chi connectivity index (χ3n) is 5.71. The molecule has 0 atom stereocenters. The highest BCUT2D eigenvalue weighted by atomic mass is 79.9. The molecule has 2 heterocycles. The number of hydrogen-bond acceptors (Lipinski definition) is 4. The molecule has 2 aromatic rings. The van der Waals surface area contributed by atoms with Crippen LogP contribution in [0.15, 0.2) is 46.9 Å². The van der Waals surface area contributed by atoms with Crippen LogP contribution in [-0.2, 0) is 4.79 Å². The smallest absolute Gasteiger partial charge is 0.222 e. The summed E-state index contributed by atoms with van der Waals surface area (Å²) >= 11 is 9.50. The van der Waals surface area contributed by atoms with Crippen molar-refractivity contribution in [2.75, 3.05) is 19.7 Å². The predicted molar refractivity (Wildman–Crippen MR) is 118 cm³/mol. The number of carbonyl (C=O) groups is 2. The van der Waals surface area contributed by atoms with E-state index >= 15 is 0 Å². The average molecular weight is 493 g/mol. The number of hydrogen-bond donors (Lipinski definition) is 0. The molecule has 7 heteroatoms. The van der Waals surface area contributed by atoms with Crippen molar-refractivity contribution in [2.45, 2.75) is 37.7 Å². The van der Waals surface area contributed by atoms with Gasteiger partial charge in [-0.15, -0.1) is 0 Å². The van der Waals surface area contributed by atoms with Crippen LogP contribution in [0.3, 0.4) is 0 Å². The largest absolute Gasteiger partial charge is 0.492 e. The van der Waals surface area contributed by atoms with E-state index in [4.69, 9.17) is 21.1 Å². The molecule has 1 fully saturated rings. The van der Waals surface area contributed by atoms with Crippen molar-refractivity contribution >= 4 is 39.2 Å². The second kappa shape index (κ2) is 8.98. The van der Waals surface area contributed by atoms with Gasteiger partial charge in [-0.2, -0.15) is 0 Å². The zero-order valence-electron chi connectivity index (χ0n) is 16.5. The summed E-state index contributed by atoms with van der Waals surface area (Å²) < 4.78 is 12.8. The third-order valence-corrected chi connectivity index (χ3v) is 6.50. The standard InChI is InChI=1S/C23H23BrClNO4/c24-16-7-8-21(18(25)14-16)29-13-3-6-22(28)26-11-9-23(10-12-26)15-19(27)17-4-1-2-5-20(17)30-23/h1-2,4-5,7-8,14H,3,6,9-13,15H2. The van der Waals surface area contributed by atoms with Gasteiger partial charge in [0.2, 0.25) is 5.91 Å². The monoisotopic (exact) mass is 491 g/mol. The van der Waals surface area contributed by atoms with Gasteiger partial charge in [0, 0.05) is 36.8 Å². The Morgan fingerprint density at radius 1 is 1.20 bits per heavy atom. The lowest BCUT2D eigenvalue weighted by Crippen LogP contribution is -2.52. The normalized spacial score (nSPS) is 17.4. The van der Waals surface area contributed by atoms with Crippen molar-refractivity contribution in [1.82, 2.24) is 4.90 Å². The van der Waals surface area contributed by atoms with Gasteiger partial charge in [0.05, 0.1) is 23.6 Å². The Hall–Kier alpha value is -2.05. The van der Waals surface area contributed by atoms with E-state index in [0.29, 0.717) is 73.9 Å². The van der Waals surface area contributed by atoms with Crippen LogP contribution in [0.1, 0.15) is 42.5 Å². The van der Waals surface area contributed by atoms with E-state index in [-0.39, 0.29) is 11.7 Å². The molecule has 5 nitrogen and oxygen atoms in total. The molecular formula is C23H23BrClNO4. The van der Waals surface area contributed by atoms with E-state index in [1.54, 1.807) is 6.07 Å². The van der Waals surface area contributed by atoms with Gasteiger partial charge in [-0.3, -0.25) is 9.59 Å². The second-order valence-corrected chi connectivity index (χ2v) is 9.11. The van der Waals surface area contributed by atoms with Crippen LogP contribution in [0.5, 0.6) is 11.5 Å². The first-order chi connectivity index (χ1) is 14.5. The van der Waals surface area contributed by atoms with Gasteiger partial charge in [-0.25, -0.2) is 0 Å². The average Bonchev–Trinajstić information content (AvgIpc) is 2.73. The van der Waals surface area contributed by atoms with Crippen molar-refractivity contribution < 1.29 is 19.1 Å². The number of amides is 1. The Balaban J connectivity index is 1.24. The Labute approximate surface area is 189 Å². The van der Waals surface area contributed by atoms with Gasteiger partial charge in [0.15, 0.2) is 5.78 Å². The van der Waals surface area contributed by atoms with Gasteiger partial charge < -0.3 is 14.4 Å².